The molecule has 0 radical (unpaired) electrons. The van der Waals surface area contributed by atoms with Crippen LogP contribution in [0.2, 0.25) is 0 Å². The maximum Gasteiger partial charge on any atom is 0.246 e. The van der Waals surface area contributed by atoms with Gasteiger partial charge in [0.15, 0.2) is 15.8 Å². The molecule has 0 aliphatic carbocycles. The molecule has 0 unspecified atom stereocenters. The number of aromatic nitrogens is 2. The lowest BCUT2D eigenvalue weighted by atomic mass is 10.2. The standard InChI is InChI=1S/C17H22N4O5S3/c1-4-29(23,24)21(12-5-6-13-14(9-12)26-8-7-25-13)10-15(22)18-16-19-20-17(28-16)27-11(2)3/h5-6,9,11H,4,7-8,10H2,1-3H3,(H,18,19,22). The Morgan fingerprint density at radius 2 is 2.00 bits per heavy atom. The summed E-state index contributed by atoms with van der Waals surface area (Å²) in [6.45, 7) is 6.02. The molecule has 1 aromatic heterocycles. The zero-order chi connectivity index (χ0) is 21.0. The van der Waals surface area contributed by atoms with Gasteiger partial charge < -0.3 is 9.47 Å². The van der Waals surface area contributed by atoms with Crippen molar-refractivity contribution in [2.24, 2.45) is 0 Å². The zero-order valence-electron chi connectivity index (χ0n) is 16.2. The quantitative estimate of drug-likeness (QED) is 0.475. The number of amides is 1. The molecule has 0 saturated carbocycles. The molecule has 0 atom stereocenters. The monoisotopic (exact) mass is 458 g/mol. The number of ether oxygens (including phenoxy) is 2. The van der Waals surface area contributed by atoms with Crippen LogP contribution in [-0.2, 0) is 14.8 Å². The average Bonchev–Trinajstić information content (AvgIpc) is 3.11. The highest BCUT2D eigenvalue weighted by Crippen LogP contribution is 2.35. The van der Waals surface area contributed by atoms with Gasteiger partial charge in [0, 0.05) is 11.3 Å². The maximum absolute atomic E-state index is 12.6. The van der Waals surface area contributed by atoms with Crippen molar-refractivity contribution in [3.63, 3.8) is 0 Å². The second kappa shape index (κ2) is 9.18. The normalized spacial score (nSPS) is 13.4. The van der Waals surface area contributed by atoms with E-state index < -0.39 is 15.9 Å². The summed E-state index contributed by atoms with van der Waals surface area (Å²) >= 11 is 2.79. The number of rotatable bonds is 8. The number of hydrogen-bond acceptors (Lipinski definition) is 9. The molecular formula is C17H22N4O5S3. The molecule has 0 saturated heterocycles. The van der Waals surface area contributed by atoms with Crippen molar-refractivity contribution in [1.29, 1.82) is 0 Å². The Balaban J connectivity index is 1.77. The lowest BCUT2D eigenvalue weighted by Gasteiger charge is -2.25. The molecule has 0 spiro atoms. The van der Waals surface area contributed by atoms with E-state index in [1.54, 1.807) is 18.2 Å². The summed E-state index contributed by atoms with van der Waals surface area (Å²) in [6.07, 6.45) is 0. The van der Waals surface area contributed by atoms with E-state index in [9.17, 15) is 13.2 Å². The second-order valence-electron chi connectivity index (χ2n) is 6.32. The van der Waals surface area contributed by atoms with Crippen LogP contribution >= 0.6 is 23.1 Å². The number of nitrogens with one attached hydrogen (secondary N) is 1. The van der Waals surface area contributed by atoms with Gasteiger partial charge in [-0.3, -0.25) is 14.4 Å². The molecule has 3 rings (SSSR count). The van der Waals surface area contributed by atoms with Crippen molar-refractivity contribution in [3.8, 4) is 11.5 Å². The predicted octanol–water partition coefficient (Wildman–Crippen LogP) is 2.60. The number of fused-ring (bicyclic) bond motifs is 1. The van der Waals surface area contributed by atoms with Gasteiger partial charge in [0.2, 0.25) is 21.1 Å². The molecule has 0 fully saturated rings. The van der Waals surface area contributed by atoms with Crippen LogP contribution in [0.5, 0.6) is 11.5 Å². The molecule has 1 aromatic carbocycles. The third kappa shape index (κ3) is 5.52. The van der Waals surface area contributed by atoms with Crippen molar-refractivity contribution in [2.75, 3.05) is 35.1 Å². The fraction of sp³-hybridized carbons (Fsp3) is 0.471. The zero-order valence-corrected chi connectivity index (χ0v) is 18.7. The van der Waals surface area contributed by atoms with Gasteiger partial charge in [-0.05, 0) is 19.1 Å². The number of thioether (sulfide) groups is 1. The minimum Gasteiger partial charge on any atom is -0.486 e. The summed E-state index contributed by atoms with van der Waals surface area (Å²) in [6, 6.07) is 4.80. The van der Waals surface area contributed by atoms with E-state index >= 15 is 0 Å². The van der Waals surface area contributed by atoms with E-state index in [4.69, 9.17) is 9.47 Å². The highest BCUT2D eigenvalue weighted by atomic mass is 32.2. The maximum atomic E-state index is 12.6. The Morgan fingerprint density at radius 3 is 2.69 bits per heavy atom. The molecule has 2 aromatic rings. The van der Waals surface area contributed by atoms with E-state index in [1.165, 1.54) is 30.0 Å². The molecule has 158 valence electrons. The van der Waals surface area contributed by atoms with E-state index in [0.717, 1.165) is 8.64 Å². The number of benzene rings is 1. The smallest absolute Gasteiger partial charge is 0.246 e. The molecule has 1 aliphatic heterocycles. The first kappa shape index (κ1) is 21.7. The Kier molecular flexibility index (Phi) is 6.85. The van der Waals surface area contributed by atoms with Crippen LogP contribution in [0.1, 0.15) is 20.8 Å². The number of carbonyl (C=O) groups excluding carboxylic acids is 1. The molecule has 29 heavy (non-hydrogen) atoms. The van der Waals surface area contributed by atoms with Gasteiger partial charge in [0.25, 0.3) is 0 Å². The SMILES string of the molecule is CCS(=O)(=O)N(CC(=O)Nc1nnc(SC(C)C)s1)c1ccc2c(c1)OCCO2. The lowest BCUT2D eigenvalue weighted by molar-refractivity contribution is -0.114. The summed E-state index contributed by atoms with van der Waals surface area (Å²) in [5.74, 6) is 0.337. The summed E-state index contributed by atoms with van der Waals surface area (Å²) in [5, 5.41) is 11.2. The Morgan fingerprint density at radius 1 is 1.28 bits per heavy atom. The molecule has 1 N–H and O–H groups in total. The van der Waals surface area contributed by atoms with Gasteiger partial charge in [0.05, 0.1) is 11.4 Å². The minimum atomic E-state index is -3.70. The largest absolute Gasteiger partial charge is 0.486 e. The molecule has 2 heterocycles. The Labute approximate surface area is 177 Å². The first-order valence-corrected chi connectivity index (χ1v) is 12.3. The molecule has 1 aliphatic rings. The predicted molar refractivity (Wildman–Crippen MR) is 114 cm³/mol. The second-order valence-corrected chi connectivity index (χ2v) is 11.3. The fourth-order valence-corrected chi connectivity index (χ4v) is 5.54. The Bertz CT molecular complexity index is 977. The highest BCUT2D eigenvalue weighted by molar-refractivity contribution is 8.01. The number of carbonyl (C=O) groups is 1. The topological polar surface area (TPSA) is 111 Å². The third-order valence-electron chi connectivity index (χ3n) is 3.79. The van der Waals surface area contributed by atoms with Crippen molar-refractivity contribution in [3.05, 3.63) is 18.2 Å². The average molecular weight is 459 g/mol. The van der Waals surface area contributed by atoms with Crippen molar-refractivity contribution < 1.29 is 22.7 Å². The molecular weight excluding hydrogens is 436 g/mol. The van der Waals surface area contributed by atoms with Crippen LogP contribution in [0.3, 0.4) is 0 Å². The van der Waals surface area contributed by atoms with Gasteiger partial charge in [-0.25, -0.2) is 8.42 Å². The lowest BCUT2D eigenvalue weighted by Crippen LogP contribution is -2.39. The Hall–Kier alpha value is -2.05. The van der Waals surface area contributed by atoms with Gasteiger partial charge in [-0.2, -0.15) is 0 Å². The summed E-state index contributed by atoms with van der Waals surface area (Å²) in [5.41, 5.74) is 0.333. The third-order valence-corrected chi connectivity index (χ3v) is 7.46. The fourth-order valence-electron chi connectivity index (χ4n) is 2.49. The van der Waals surface area contributed by atoms with Crippen LogP contribution in [0, 0.1) is 0 Å². The van der Waals surface area contributed by atoms with Crippen LogP contribution in [0.4, 0.5) is 10.8 Å². The molecule has 1 amide bonds. The van der Waals surface area contributed by atoms with Crippen LogP contribution in [0.15, 0.2) is 22.5 Å². The van der Waals surface area contributed by atoms with Crippen LogP contribution < -0.4 is 19.1 Å². The van der Waals surface area contributed by atoms with Gasteiger partial charge in [0.1, 0.15) is 19.8 Å². The van der Waals surface area contributed by atoms with Gasteiger partial charge in [-0.15, -0.1) is 10.2 Å². The van der Waals surface area contributed by atoms with E-state index in [0.29, 0.717) is 40.8 Å². The van der Waals surface area contributed by atoms with E-state index in [2.05, 4.69) is 15.5 Å². The first-order chi connectivity index (χ1) is 13.8. The first-order valence-electron chi connectivity index (χ1n) is 8.98. The van der Waals surface area contributed by atoms with Crippen LogP contribution in [-0.4, -0.2) is 55.3 Å². The molecule has 0 bridgehead atoms. The van der Waals surface area contributed by atoms with Crippen molar-refractivity contribution >= 4 is 49.8 Å². The molecule has 12 heteroatoms. The van der Waals surface area contributed by atoms with Crippen molar-refractivity contribution in [1.82, 2.24) is 10.2 Å². The van der Waals surface area contributed by atoms with E-state index in [-0.39, 0.29) is 12.3 Å². The number of nitrogens with zero attached hydrogens (tertiary/aromatic N) is 3. The van der Waals surface area contributed by atoms with E-state index in [1.807, 2.05) is 13.8 Å². The number of anilines is 2. The van der Waals surface area contributed by atoms with Gasteiger partial charge >= 0.3 is 0 Å². The van der Waals surface area contributed by atoms with Crippen molar-refractivity contribution in [2.45, 2.75) is 30.4 Å². The molecule has 9 nitrogen and oxygen atoms in total. The highest BCUT2D eigenvalue weighted by Gasteiger charge is 2.26. The summed E-state index contributed by atoms with van der Waals surface area (Å²) < 4.78 is 38.1. The van der Waals surface area contributed by atoms with Crippen LogP contribution in [0.25, 0.3) is 0 Å². The number of sulfonamides is 1. The minimum absolute atomic E-state index is 0.150. The summed E-state index contributed by atoms with van der Waals surface area (Å²) in [7, 11) is -3.70. The van der Waals surface area contributed by atoms with Gasteiger partial charge in [-0.1, -0.05) is 36.9 Å². The number of hydrogen-bond donors (Lipinski definition) is 1. The summed E-state index contributed by atoms with van der Waals surface area (Å²) in [4.78, 5) is 12.5.